The minimum atomic E-state index is 0.501. The Morgan fingerprint density at radius 2 is 1.03 bits per heavy atom. The molecule has 0 bridgehead atoms. The van der Waals surface area contributed by atoms with E-state index in [4.69, 9.17) is 12.8 Å². The monoisotopic (exact) mass is 496 g/mol. The number of hydrogen-bond donors (Lipinski definition) is 0. The van der Waals surface area contributed by atoms with Gasteiger partial charge in [-0.2, -0.15) is 0 Å². The van der Waals surface area contributed by atoms with Crippen LogP contribution in [-0.2, 0) is 13.1 Å². The molecule has 2 nitrogen and oxygen atoms in total. The third kappa shape index (κ3) is 2.80. The second-order valence-electron chi connectivity index (χ2n) is 8.77. The van der Waals surface area contributed by atoms with Gasteiger partial charge in [0.05, 0.1) is 35.2 Å². The molecule has 0 aliphatic heterocycles. The Bertz CT molecular complexity index is 1850. The van der Waals surface area contributed by atoms with Gasteiger partial charge in [-0.1, -0.05) is 60.4 Å². The summed E-state index contributed by atoms with van der Waals surface area (Å²) in [6, 6.07) is 25.9. The molecule has 4 heteroatoms. The minimum absolute atomic E-state index is 0.501. The van der Waals surface area contributed by atoms with E-state index in [9.17, 15) is 0 Å². The molecule has 0 amide bonds. The fraction of sp³-hybridized carbons (Fsp3) is 0.0625. The van der Waals surface area contributed by atoms with Crippen LogP contribution >= 0.6 is 22.7 Å². The standard InChI is InChI=1S/C32H20N2S2/c1-3-17-33-23-13-7-5-11-21(23)27-30(26-16-10-20-36-26)32-28(29(31(27)33)25-15-9-19-35-25)22-12-6-8-14-24(22)34(32)18-4-2/h1-2,5-16,19-20H,17-18H2. The van der Waals surface area contributed by atoms with Crippen molar-refractivity contribution in [3.8, 4) is 45.6 Å². The molecule has 3 aromatic carbocycles. The first-order chi connectivity index (χ1) is 17.8. The van der Waals surface area contributed by atoms with Gasteiger partial charge in [0.25, 0.3) is 0 Å². The molecule has 0 aliphatic rings. The van der Waals surface area contributed by atoms with Gasteiger partial charge < -0.3 is 9.13 Å². The molecule has 0 radical (unpaired) electrons. The zero-order chi connectivity index (χ0) is 24.2. The lowest BCUT2D eigenvalue weighted by molar-refractivity contribution is 0.922. The van der Waals surface area contributed by atoms with Gasteiger partial charge in [0, 0.05) is 42.4 Å². The highest BCUT2D eigenvalue weighted by Gasteiger charge is 2.27. The molecule has 0 aliphatic carbocycles. The summed E-state index contributed by atoms with van der Waals surface area (Å²) in [6.45, 7) is 1.00. The summed E-state index contributed by atoms with van der Waals surface area (Å²) < 4.78 is 4.65. The Labute approximate surface area is 217 Å². The van der Waals surface area contributed by atoms with Gasteiger partial charge in [0.15, 0.2) is 0 Å². The molecule has 0 atom stereocenters. The van der Waals surface area contributed by atoms with Gasteiger partial charge in [-0.15, -0.1) is 35.5 Å². The predicted molar refractivity (Wildman–Crippen MR) is 157 cm³/mol. The second kappa shape index (κ2) is 8.18. The van der Waals surface area contributed by atoms with E-state index >= 15 is 0 Å². The highest BCUT2D eigenvalue weighted by Crippen LogP contribution is 2.51. The van der Waals surface area contributed by atoms with E-state index in [0.717, 1.165) is 11.0 Å². The quantitative estimate of drug-likeness (QED) is 0.216. The molecule has 0 fully saturated rings. The SMILES string of the molecule is C#CCn1c2ccccc2c2c(-c3cccs3)c3c(c(-c4cccs4)c21)c1ccccc1n3CC#C. The highest BCUT2D eigenvalue weighted by atomic mass is 32.1. The van der Waals surface area contributed by atoms with Crippen LogP contribution in [0.5, 0.6) is 0 Å². The van der Waals surface area contributed by atoms with E-state index in [-0.39, 0.29) is 0 Å². The van der Waals surface area contributed by atoms with Gasteiger partial charge >= 0.3 is 0 Å². The third-order valence-corrected chi connectivity index (χ3v) is 8.72. The molecule has 36 heavy (non-hydrogen) atoms. The maximum Gasteiger partial charge on any atom is 0.0841 e. The topological polar surface area (TPSA) is 9.86 Å². The predicted octanol–water partition coefficient (Wildman–Crippen LogP) is 8.63. The Kier molecular flexibility index (Phi) is 4.79. The number of benzene rings is 3. The van der Waals surface area contributed by atoms with Crippen molar-refractivity contribution in [1.82, 2.24) is 9.13 Å². The average molecular weight is 497 g/mol. The molecule has 0 saturated carbocycles. The van der Waals surface area contributed by atoms with E-state index in [1.165, 1.54) is 53.5 Å². The average Bonchev–Trinajstić information content (AvgIpc) is 3.71. The van der Waals surface area contributed by atoms with Crippen LogP contribution in [0.15, 0.2) is 83.6 Å². The number of aromatic nitrogens is 2. The maximum absolute atomic E-state index is 5.96. The number of terminal acetylenes is 2. The van der Waals surface area contributed by atoms with Crippen LogP contribution in [0.2, 0.25) is 0 Å². The summed E-state index contributed by atoms with van der Waals surface area (Å²) >= 11 is 3.53. The van der Waals surface area contributed by atoms with Crippen molar-refractivity contribution in [1.29, 1.82) is 0 Å². The molecule has 4 aromatic heterocycles. The maximum atomic E-state index is 5.96. The van der Waals surface area contributed by atoms with E-state index in [2.05, 4.69) is 105 Å². The van der Waals surface area contributed by atoms with Crippen LogP contribution in [0.1, 0.15) is 0 Å². The first-order valence-electron chi connectivity index (χ1n) is 11.8. The molecule has 0 N–H and O–H groups in total. The lowest BCUT2D eigenvalue weighted by atomic mass is 9.95. The molecule has 0 unspecified atom stereocenters. The van der Waals surface area contributed by atoms with E-state index in [1.54, 1.807) is 22.7 Å². The summed E-state index contributed by atoms with van der Waals surface area (Å²) in [7, 11) is 0. The van der Waals surface area contributed by atoms with Crippen LogP contribution in [0.25, 0.3) is 64.5 Å². The molecular weight excluding hydrogens is 477 g/mol. The first-order valence-corrected chi connectivity index (χ1v) is 13.5. The van der Waals surface area contributed by atoms with E-state index in [0.29, 0.717) is 13.1 Å². The van der Waals surface area contributed by atoms with Crippen molar-refractivity contribution in [2.75, 3.05) is 0 Å². The summed E-state index contributed by atoms with van der Waals surface area (Å²) in [5, 5.41) is 9.19. The largest absolute Gasteiger partial charge is 0.328 e. The summed E-state index contributed by atoms with van der Waals surface area (Å²) in [5.74, 6) is 5.86. The number of thiophene rings is 2. The lowest BCUT2D eigenvalue weighted by Gasteiger charge is -2.15. The fourth-order valence-corrected chi connectivity index (χ4v) is 7.26. The van der Waals surface area contributed by atoms with E-state index in [1.807, 2.05) is 0 Å². The molecule has 170 valence electrons. The van der Waals surface area contributed by atoms with Gasteiger partial charge in [0.2, 0.25) is 0 Å². The minimum Gasteiger partial charge on any atom is -0.328 e. The Morgan fingerprint density at radius 1 is 0.583 bits per heavy atom. The summed E-state index contributed by atoms with van der Waals surface area (Å²) in [4.78, 5) is 2.46. The zero-order valence-electron chi connectivity index (χ0n) is 19.4. The number of hydrogen-bond acceptors (Lipinski definition) is 2. The van der Waals surface area contributed by atoms with Crippen LogP contribution in [0.3, 0.4) is 0 Å². The van der Waals surface area contributed by atoms with Crippen LogP contribution in [-0.4, -0.2) is 9.13 Å². The zero-order valence-corrected chi connectivity index (χ0v) is 21.0. The van der Waals surface area contributed by atoms with Crippen molar-refractivity contribution in [2.45, 2.75) is 13.1 Å². The summed E-state index contributed by atoms with van der Waals surface area (Å²) in [5.41, 5.74) is 7.15. The molecule has 4 heterocycles. The Morgan fingerprint density at radius 3 is 1.42 bits per heavy atom. The van der Waals surface area contributed by atoms with Crippen molar-refractivity contribution < 1.29 is 0 Å². The van der Waals surface area contributed by atoms with Gasteiger partial charge in [-0.05, 0) is 35.0 Å². The first kappa shape index (κ1) is 21.1. The van der Waals surface area contributed by atoms with Gasteiger partial charge in [0.1, 0.15) is 0 Å². The lowest BCUT2D eigenvalue weighted by Crippen LogP contribution is -1.99. The molecule has 7 rings (SSSR count). The van der Waals surface area contributed by atoms with Gasteiger partial charge in [-0.25, -0.2) is 0 Å². The molecular formula is C32H20N2S2. The second-order valence-corrected chi connectivity index (χ2v) is 10.7. The normalized spacial score (nSPS) is 11.5. The van der Waals surface area contributed by atoms with Crippen LogP contribution in [0.4, 0.5) is 0 Å². The van der Waals surface area contributed by atoms with Crippen molar-refractivity contribution in [3.63, 3.8) is 0 Å². The Balaban J connectivity index is 1.91. The van der Waals surface area contributed by atoms with Gasteiger partial charge in [-0.3, -0.25) is 0 Å². The number of fused-ring (bicyclic) bond motifs is 6. The van der Waals surface area contributed by atoms with Crippen LogP contribution in [0, 0.1) is 24.7 Å². The number of para-hydroxylation sites is 2. The van der Waals surface area contributed by atoms with Crippen molar-refractivity contribution in [3.05, 3.63) is 83.6 Å². The summed E-state index contributed by atoms with van der Waals surface area (Å²) in [6.07, 6.45) is 11.9. The van der Waals surface area contributed by atoms with Crippen molar-refractivity contribution in [2.24, 2.45) is 0 Å². The fourth-order valence-electron chi connectivity index (χ4n) is 5.70. The highest BCUT2D eigenvalue weighted by molar-refractivity contribution is 7.14. The van der Waals surface area contributed by atoms with Crippen molar-refractivity contribution >= 4 is 66.3 Å². The number of rotatable bonds is 4. The third-order valence-electron chi connectivity index (χ3n) is 6.95. The molecule has 7 aromatic rings. The Hall–Kier alpha value is -4.22. The molecule has 0 saturated heterocycles. The smallest absolute Gasteiger partial charge is 0.0841 e. The number of nitrogens with zero attached hydrogens (tertiary/aromatic N) is 2. The molecule has 0 spiro atoms. The van der Waals surface area contributed by atoms with Crippen LogP contribution < -0.4 is 0 Å². The van der Waals surface area contributed by atoms with E-state index < -0.39 is 0 Å².